The first-order valence-corrected chi connectivity index (χ1v) is 8.70. The summed E-state index contributed by atoms with van der Waals surface area (Å²) in [4.78, 5) is 23.0. The Labute approximate surface area is 133 Å². The van der Waals surface area contributed by atoms with Gasteiger partial charge in [-0.1, -0.05) is 6.42 Å². The molecule has 3 amide bonds. The third-order valence-electron chi connectivity index (χ3n) is 4.13. The molecule has 2 aliphatic heterocycles. The van der Waals surface area contributed by atoms with E-state index in [0.29, 0.717) is 18.2 Å². The fourth-order valence-electron chi connectivity index (χ4n) is 2.94. The van der Waals surface area contributed by atoms with Crippen LogP contribution in [0.1, 0.15) is 31.2 Å². The number of unbranched alkanes of at least 4 members (excludes halogenated alkanes) is 1. The molecule has 4 N–H and O–H groups in total. The summed E-state index contributed by atoms with van der Waals surface area (Å²) in [6.45, 7) is 0.523. The van der Waals surface area contributed by atoms with Crippen molar-refractivity contribution in [1.82, 2.24) is 26.1 Å². The van der Waals surface area contributed by atoms with Gasteiger partial charge in [-0.05, 0) is 12.8 Å². The maximum absolute atomic E-state index is 11.7. The summed E-state index contributed by atoms with van der Waals surface area (Å²) in [5, 5.41) is 15.8. The highest BCUT2D eigenvalue weighted by Gasteiger charge is 2.42. The van der Waals surface area contributed by atoms with Gasteiger partial charge < -0.3 is 16.0 Å². The second-order valence-electron chi connectivity index (χ2n) is 5.75. The van der Waals surface area contributed by atoms with Gasteiger partial charge in [0.1, 0.15) is 0 Å². The standard InChI is InChI=1S/C14H21N5O2S/c20-12(15-5-9-6-16-17-7-9)4-2-1-3-11-13-10(8-22-11)18-14(21)19-13/h6-7,10-11,13H,1-5,8H2,(H,15,20)(H,16,17)(H2,18,19,21)/t10-,11-,13-/m0/s1. The molecule has 1 aromatic rings. The van der Waals surface area contributed by atoms with E-state index in [1.54, 1.807) is 12.4 Å². The summed E-state index contributed by atoms with van der Waals surface area (Å²) in [5.74, 6) is 1.06. The quantitative estimate of drug-likeness (QED) is 0.439. The summed E-state index contributed by atoms with van der Waals surface area (Å²) in [5.41, 5.74) is 0.978. The molecule has 3 heterocycles. The first-order valence-electron chi connectivity index (χ1n) is 7.65. The van der Waals surface area contributed by atoms with Crippen molar-refractivity contribution >= 4 is 23.7 Å². The summed E-state index contributed by atoms with van der Waals surface area (Å²) in [6.07, 6.45) is 6.97. The lowest BCUT2D eigenvalue weighted by Crippen LogP contribution is -2.36. The Hall–Kier alpha value is -1.70. The number of urea groups is 1. The molecule has 0 saturated carbocycles. The molecule has 0 aliphatic carbocycles. The number of nitrogens with zero attached hydrogens (tertiary/aromatic N) is 1. The molecular weight excluding hydrogens is 302 g/mol. The van der Waals surface area contributed by atoms with E-state index in [2.05, 4.69) is 26.1 Å². The number of rotatable bonds is 7. The number of fused-ring (bicyclic) bond motifs is 1. The van der Waals surface area contributed by atoms with Crippen LogP contribution in [0.5, 0.6) is 0 Å². The average Bonchev–Trinajstić information content (AvgIpc) is 3.19. The van der Waals surface area contributed by atoms with Crippen molar-refractivity contribution < 1.29 is 9.59 Å². The third kappa shape index (κ3) is 3.73. The number of aromatic amines is 1. The molecule has 1 aromatic heterocycles. The van der Waals surface area contributed by atoms with Crippen LogP contribution >= 0.6 is 11.8 Å². The number of carbonyl (C=O) groups excluding carboxylic acids is 2. The molecular formula is C14H21N5O2S. The van der Waals surface area contributed by atoms with Crippen molar-refractivity contribution in [2.45, 2.75) is 49.6 Å². The Bertz CT molecular complexity index is 521. The van der Waals surface area contributed by atoms with Gasteiger partial charge >= 0.3 is 6.03 Å². The number of H-pyrrole nitrogens is 1. The van der Waals surface area contributed by atoms with Crippen LogP contribution in [0.25, 0.3) is 0 Å². The Morgan fingerprint density at radius 2 is 2.32 bits per heavy atom. The molecule has 22 heavy (non-hydrogen) atoms. The maximum atomic E-state index is 11.7. The molecule has 120 valence electrons. The number of aromatic nitrogens is 2. The molecule has 2 aliphatic rings. The van der Waals surface area contributed by atoms with Crippen molar-refractivity contribution in [1.29, 1.82) is 0 Å². The normalized spacial score (nSPS) is 26.4. The molecule has 2 fully saturated rings. The third-order valence-corrected chi connectivity index (χ3v) is 5.63. The van der Waals surface area contributed by atoms with Gasteiger partial charge in [0.05, 0.1) is 18.3 Å². The van der Waals surface area contributed by atoms with Crippen molar-refractivity contribution in [2.24, 2.45) is 0 Å². The topological polar surface area (TPSA) is 98.9 Å². The maximum Gasteiger partial charge on any atom is 0.315 e. The fraction of sp³-hybridized carbons (Fsp3) is 0.643. The van der Waals surface area contributed by atoms with Crippen LogP contribution in [-0.2, 0) is 11.3 Å². The van der Waals surface area contributed by atoms with Gasteiger partial charge in [0.25, 0.3) is 0 Å². The second-order valence-corrected chi connectivity index (χ2v) is 7.02. The predicted octanol–water partition coefficient (Wildman–Crippen LogP) is 0.752. The minimum atomic E-state index is -0.0427. The summed E-state index contributed by atoms with van der Waals surface area (Å²) in [6, 6.07) is 0.493. The summed E-state index contributed by atoms with van der Waals surface area (Å²) in [7, 11) is 0. The van der Waals surface area contributed by atoms with E-state index in [9.17, 15) is 9.59 Å². The van der Waals surface area contributed by atoms with Crippen LogP contribution in [-0.4, -0.2) is 45.2 Å². The van der Waals surface area contributed by atoms with E-state index in [1.807, 2.05) is 11.8 Å². The van der Waals surface area contributed by atoms with Crippen molar-refractivity contribution in [3.8, 4) is 0 Å². The highest BCUT2D eigenvalue weighted by Crippen LogP contribution is 2.33. The fourth-order valence-corrected chi connectivity index (χ4v) is 4.48. The van der Waals surface area contributed by atoms with E-state index in [-0.39, 0.29) is 24.0 Å². The monoisotopic (exact) mass is 323 g/mol. The minimum Gasteiger partial charge on any atom is -0.352 e. The van der Waals surface area contributed by atoms with Crippen molar-refractivity contribution in [3.05, 3.63) is 18.0 Å². The lowest BCUT2D eigenvalue weighted by Gasteiger charge is -2.16. The molecule has 0 aromatic carbocycles. The highest BCUT2D eigenvalue weighted by molar-refractivity contribution is 8.00. The lowest BCUT2D eigenvalue weighted by atomic mass is 10.0. The van der Waals surface area contributed by atoms with Gasteiger partial charge in [-0.25, -0.2) is 4.79 Å². The Balaban J connectivity index is 1.29. The second kappa shape index (κ2) is 7.04. The van der Waals surface area contributed by atoms with Crippen LogP contribution in [0.4, 0.5) is 4.79 Å². The zero-order valence-corrected chi connectivity index (χ0v) is 13.1. The number of carbonyl (C=O) groups is 2. The van der Waals surface area contributed by atoms with Gasteiger partial charge in [-0.2, -0.15) is 16.9 Å². The van der Waals surface area contributed by atoms with E-state index in [4.69, 9.17) is 0 Å². The van der Waals surface area contributed by atoms with Crippen LogP contribution in [0.15, 0.2) is 12.4 Å². The van der Waals surface area contributed by atoms with E-state index >= 15 is 0 Å². The Morgan fingerprint density at radius 1 is 1.41 bits per heavy atom. The largest absolute Gasteiger partial charge is 0.352 e. The van der Waals surface area contributed by atoms with Gasteiger partial charge in [-0.3, -0.25) is 9.89 Å². The van der Waals surface area contributed by atoms with Gasteiger partial charge in [0, 0.05) is 35.7 Å². The van der Waals surface area contributed by atoms with Crippen LogP contribution in [0, 0.1) is 0 Å². The molecule has 2 saturated heterocycles. The van der Waals surface area contributed by atoms with E-state index in [0.717, 1.165) is 30.6 Å². The number of nitrogens with one attached hydrogen (secondary N) is 4. The molecule has 0 bridgehead atoms. The van der Waals surface area contributed by atoms with E-state index in [1.165, 1.54) is 0 Å². The SMILES string of the molecule is O=C(CCCC[C@@H]1SC[C@@H]2NC(=O)N[C@@H]21)NCc1cn[nH]c1. The van der Waals surface area contributed by atoms with Crippen LogP contribution in [0.3, 0.4) is 0 Å². The van der Waals surface area contributed by atoms with Gasteiger partial charge in [0.15, 0.2) is 0 Å². The molecule has 0 radical (unpaired) electrons. The molecule has 8 heteroatoms. The molecule has 3 rings (SSSR count). The number of hydrogen-bond donors (Lipinski definition) is 4. The van der Waals surface area contributed by atoms with Crippen molar-refractivity contribution in [3.63, 3.8) is 0 Å². The molecule has 7 nitrogen and oxygen atoms in total. The molecule has 3 atom stereocenters. The Morgan fingerprint density at radius 3 is 3.14 bits per heavy atom. The van der Waals surface area contributed by atoms with Crippen molar-refractivity contribution in [2.75, 3.05) is 5.75 Å². The number of amides is 3. The predicted molar refractivity (Wildman–Crippen MR) is 84.4 cm³/mol. The first kappa shape index (κ1) is 15.2. The smallest absolute Gasteiger partial charge is 0.315 e. The average molecular weight is 323 g/mol. The van der Waals surface area contributed by atoms with Crippen LogP contribution < -0.4 is 16.0 Å². The number of thioether (sulfide) groups is 1. The lowest BCUT2D eigenvalue weighted by molar-refractivity contribution is -0.121. The molecule has 0 spiro atoms. The minimum absolute atomic E-state index is 0.0427. The molecule has 0 unspecified atom stereocenters. The Kier molecular flexibility index (Phi) is 4.87. The summed E-state index contributed by atoms with van der Waals surface area (Å²) < 4.78 is 0. The van der Waals surface area contributed by atoms with Gasteiger partial charge in [0.2, 0.25) is 5.91 Å². The zero-order valence-electron chi connectivity index (χ0n) is 12.3. The number of hydrogen-bond acceptors (Lipinski definition) is 4. The highest BCUT2D eigenvalue weighted by atomic mass is 32.2. The summed E-state index contributed by atoms with van der Waals surface area (Å²) >= 11 is 1.92. The van der Waals surface area contributed by atoms with Gasteiger partial charge in [-0.15, -0.1) is 0 Å². The van der Waals surface area contributed by atoms with E-state index < -0.39 is 0 Å². The zero-order chi connectivity index (χ0) is 15.4. The first-order chi connectivity index (χ1) is 10.7. The van der Waals surface area contributed by atoms with Crippen LogP contribution in [0.2, 0.25) is 0 Å².